The topological polar surface area (TPSA) is 29.5 Å². The van der Waals surface area contributed by atoms with E-state index in [4.69, 9.17) is 4.74 Å². The van der Waals surface area contributed by atoms with E-state index in [-0.39, 0.29) is 12.8 Å². The molecule has 0 aliphatic rings. The molecule has 0 saturated carbocycles. The predicted molar refractivity (Wildman–Crippen MR) is 121 cm³/mol. The summed E-state index contributed by atoms with van der Waals surface area (Å²) >= 11 is 0. The van der Waals surface area contributed by atoms with Crippen molar-refractivity contribution in [2.24, 2.45) is 21.7 Å². The number of ether oxygens (including phenoxy) is 1. The van der Waals surface area contributed by atoms with E-state index in [1.54, 1.807) is 20.8 Å². The van der Waals surface area contributed by atoms with Crippen molar-refractivity contribution in [3.63, 3.8) is 0 Å². The average Bonchev–Trinajstić information content (AvgIpc) is 2.59. The van der Waals surface area contributed by atoms with Crippen LogP contribution in [0.25, 0.3) is 0 Å². The average molecular weight is 475 g/mol. The molecule has 2 atom stereocenters. The van der Waals surface area contributed by atoms with Crippen molar-refractivity contribution in [2.75, 3.05) is 6.61 Å². The molecule has 0 aliphatic carbocycles. The monoisotopic (exact) mass is 474 g/mol. The highest BCUT2D eigenvalue weighted by Gasteiger charge is 2.71. The van der Waals surface area contributed by atoms with Gasteiger partial charge < -0.3 is 9.84 Å². The number of aliphatic hydroxyl groups is 1. The zero-order chi connectivity index (χ0) is 26.2. The van der Waals surface area contributed by atoms with E-state index in [2.05, 4.69) is 0 Å². The van der Waals surface area contributed by atoms with Crippen LogP contribution in [0, 0.1) is 21.7 Å². The molecule has 0 amide bonds. The number of hydrogen-bond acceptors (Lipinski definition) is 2. The van der Waals surface area contributed by atoms with Gasteiger partial charge in [-0.3, -0.25) is 0 Å². The van der Waals surface area contributed by atoms with Crippen LogP contribution in [0.4, 0.5) is 22.0 Å². The van der Waals surface area contributed by atoms with Crippen LogP contribution in [-0.4, -0.2) is 35.0 Å². The molecule has 2 unspecified atom stereocenters. The number of rotatable bonds is 12. The molecular formula is C25H47F5O2. The molecular weight excluding hydrogens is 427 g/mol. The van der Waals surface area contributed by atoms with Crippen LogP contribution in [-0.2, 0) is 4.74 Å². The van der Waals surface area contributed by atoms with Crippen LogP contribution in [0.2, 0.25) is 0 Å². The Labute approximate surface area is 192 Å². The summed E-state index contributed by atoms with van der Waals surface area (Å²) in [6.07, 6.45) is -3.52. The van der Waals surface area contributed by atoms with E-state index in [1.165, 1.54) is 13.8 Å². The minimum atomic E-state index is -5.05. The fourth-order valence-electron chi connectivity index (χ4n) is 4.21. The Balaban J connectivity index is 6.02. The first kappa shape index (κ1) is 31.6. The molecule has 0 fully saturated rings. The van der Waals surface area contributed by atoms with Crippen molar-refractivity contribution in [3.05, 3.63) is 0 Å². The van der Waals surface area contributed by atoms with Gasteiger partial charge in [-0.1, -0.05) is 48.5 Å². The molecule has 0 radical (unpaired) electrons. The number of halogens is 5. The van der Waals surface area contributed by atoms with Crippen LogP contribution < -0.4 is 0 Å². The van der Waals surface area contributed by atoms with Crippen molar-refractivity contribution in [3.8, 4) is 0 Å². The molecule has 0 saturated heterocycles. The fraction of sp³-hybridized carbons (Fsp3) is 1.00. The lowest BCUT2D eigenvalue weighted by Crippen LogP contribution is -2.61. The maximum absolute atomic E-state index is 15.6. The summed E-state index contributed by atoms with van der Waals surface area (Å²) < 4.78 is 78.2. The fourth-order valence-corrected chi connectivity index (χ4v) is 4.21. The smallest absolute Gasteiger partial charge is 0.390 e. The SMILES string of the molecule is CCC(C)(O)CCOC(C)(C)C(C)(C)CC(C)(CC)C(C)(C)C(F)(F)C(C)(C)C(F)(F)F. The second-order valence-electron chi connectivity index (χ2n) is 12.3. The number of hydrogen-bond donors (Lipinski definition) is 1. The highest BCUT2D eigenvalue weighted by Crippen LogP contribution is 2.64. The van der Waals surface area contributed by atoms with E-state index in [0.717, 1.165) is 0 Å². The third kappa shape index (κ3) is 5.79. The first-order chi connectivity index (χ1) is 13.8. The largest absolute Gasteiger partial charge is 0.399 e. The molecule has 32 heavy (non-hydrogen) atoms. The van der Waals surface area contributed by atoms with Gasteiger partial charge in [-0.25, -0.2) is 8.78 Å². The van der Waals surface area contributed by atoms with Gasteiger partial charge in [0, 0.05) is 5.41 Å². The summed E-state index contributed by atoms with van der Waals surface area (Å²) in [6, 6.07) is 0. The maximum atomic E-state index is 15.6. The summed E-state index contributed by atoms with van der Waals surface area (Å²) in [5.41, 5.74) is -8.48. The molecule has 0 aliphatic heterocycles. The van der Waals surface area contributed by atoms with Gasteiger partial charge in [0.2, 0.25) is 0 Å². The lowest BCUT2D eigenvalue weighted by atomic mass is 9.51. The summed E-state index contributed by atoms with van der Waals surface area (Å²) in [6.45, 7) is 18.5. The summed E-state index contributed by atoms with van der Waals surface area (Å²) in [7, 11) is 0. The van der Waals surface area contributed by atoms with Crippen molar-refractivity contribution < 1.29 is 31.8 Å². The Hall–Kier alpha value is -0.430. The van der Waals surface area contributed by atoms with Gasteiger partial charge in [0.1, 0.15) is 5.41 Å². The van der Waals surface area contributed by atoms with Gasteiger partial charge in [-0.15, -0.1) is 0 Å². The molecule has 2 nitrogen and oxygen atoms in total. The normalized spacial score (nSPS) is 18.9. The van der Waals surface area contributed by atoms with Crippen molar-refractivity contribution >= 4 is 0 Å². The molecule has 7 heteroatoms. The molecule has 0 spiro atoms. The predicted octanol–water partition coefficient (Wildman–Crippen LogP) is 8.42. The third-order valence-corrected chi connectivity index (χ3v) is 8.89. The zero-order valence-electron chi connectivity index (χ0n) is 22.3. The Morgan fingerprint density at radius 2 is 1.12 bits per heavy atom. The van der Waals surface area contributed by atoms with E-state index >= 15 is 8.78 Å². The first-order valence-corrected chi connectivity index (χ1v) is 11.6. The van der Waals surface area contributed by atoms with E-state index < -0.39 is 45.0 Å². The summed E-state index contributed by atoms with van der Waals surface area (Å²) in [5.74, 6) is -4.01. The van der Waals surface area contributed by atoms with Crippen LogP contribution in [0.3, 0.4) is 0 Å². The highest BCUT2D eigenvalue weighted by atomic mass is 19.4. The van der Waals surface area contributed by atoms with Gasteiger partial charge in [-0.05, 0) is 71.1 Å². The standard InChI is InChI=1S/C25H47F5O2/c1-13-22(11,19(5,6)24(26,27)20(7,8)25(28,29)30)17-18(3,4)21(9,10)32-16-15-23(12,31)14-2/h31H,13-17H2,1-12H3. The molecule has 1 N–H and O–H groups in total. The second kappa shape index (κ2) is 9.31. The molecule has 0 heterocycles. The number of alkyl halides is 5. The Bertz CT molecular complexity index is 618. The molecule has 0 aromatic heterocycles. The molecule has 194 valence electrons. The van der Waals surface area contributed by atoms with Crippen molar-refractivity contribution in [1.82, 2.24) is 0 Å². The molecule has 0 aromatic carbocycles. The van der Waals surface area contributed by atoms with Gasteiger partial charge in [0.05, 0.1) is 17.8 Å². The molecule has 0 bridgehead atoms. The first-order valence-electron chi connectivity index (χ1n) is 11.6. The summed E-state index contributed by atoms with van der Waals surface area (Å²) in [5, 5.41) is 10.2. The second-order valence-corrected chi connectivity index (χ2v) is 12.3. The minimum Gasteiger partial charge on any atom is -0.390 e. The third-order valence-electron chi connectivity index (χ3n) is 8.89. The quantitative estimate of drug-likeness (QED) is 0.288. The highest BCUT2D eigenvalue weighted by molar-refractivity contribution is 5.08. The summed E-state index contributed by atoms with van der Waals surface area (Å²) in [4.78, 5) is 0. The van der Waals surface area contributed by atoms with Gasteiger partial charge in [-0.2, -0.15) is 13.2 Å². The van der Waals surface area contributed by atoms with Gasteiger partial charge in [0.15, 0.2) is 0 Å². The lowest BCUT2D eigenvalue weighted by Gasteiger charge is -2.57. The van der Waals surface area contributed by atoms with Crippen LogP contribution in [0.1, 0.15) is 109 Å². The van der Waals surface area contributed by atoms with E-state index in [1.807, 2.05) is 34.6 Å². The Morgan fingerprint density at radius 3 is 1.47 bits per heavy atom. The Kier molecular flexibility index (Phi) is 9.19. The van der Waals surface area contributed by atoms with Gasteiger partial charge in [0.25, 0.3) is 5.92 Å². The molecule has 0 rings (SSSR count). The lowest BCUT2D eigenvalue weighted by molar-refractivity contribution is -0.330. The Morgan fingerprint density at radius 1 is 0.688 bits per heavy atom. The van der Waals surface area contributed by atoms with Crippen molar-refractivity contribution in [2.45, 2.75) is 132 Å². The van der Waals surface area contributed by atoms with Crippen LogP contribution in [0.15, 0.2) is 0 Å². The zero-order valence-corrected chi connectivity index (χ0v) is 22.3. The van der Waals surface area contributed by atoms with Crippen LogP contribution >= 0.6 is 0 Å². The van der Waals surface area contributed by atoms with E-state index in [9.17, 15) is 18.3 Å². The maximum Gasteiger partial charge on any atom is 0.399 e. The minimum absolute atomic E-state index is 0.240. The molecule has 0 aromatic rings. The van der Waals surface area contributed by atoms with Crippen LogP contribution in [0.5, 0.6) is 0 Å². The van der Waals surface area contributed by atoms with E-state index in [0.29, 0.717) is 33.3 Å². The van der Waals surface area contributed by atoms with Gasteiger partial charge >= 0.3 is 6.18 Å². The van der Waals surface area contributed by atoms with Crippen molar-refractivity contribution in [1.29, 1.82) is 0 Å².